The summed E-state index contributed by atoms with van der Waals surface area (Å²) in [5, 5.41) is 3.30. The Kier molecular flexibility index (Phi) is 4.40. The predicted octanol–water partition coefficient (Wildman–Crippen LogP) is 2.91. The van der Waals surface area contributed by atoms with Gasteiger partial charge in [0.1, 0.15) is 11.5 Å². The van der Waals surface area contributed by atoms with E-state index in [4.69, 9.17) is 4.74 Å². The van der Waals surface area contributed by atoms with Crippen LogP contribution in [-0.2, 0) is 6.54 Å². The Hall–Kier alpha value is -2.30. The van der Waals surface area contributed by atoms with E-state index < -0.39 is 0 Å². The molecule has 0 fully saturated rings. The summed E-state index contributed by atoms with van der Waals surface area (Å²) in [6.45, 7) is 0.573. The molecule has 0 aliphatic rings. The van der Waals surface area contributed by atoms with Gasteiger partial charge in [-0.1, -0.05) is 12.1 Å². The Morgan fingerprint density at radius 2 is 1.90 bits per heavy atom. The van der Waals surface area contributed by atoms with Crippen LogP contribution in [0.15, 0.2) is 36.5 Å². The van der Waals surface area contributed by atoms with Crippen molar-refractivity contribution in [1.82, 2.24) is 4.98 Å². The van der Waals surface area contributed by atoms with Gasteiger partial charge in [0.05, 0.1) is 12.8 Å². The normalized spacial score (nSPS) is 10.2. The monoisotopic (exact) mass is 275 g/mol. The summed E-state index contributed by atoms with van der Waals surface area (Å²) in [6, 6.07) is 8.31. The molecule has 0 aliphatic heterocycles. The van der Waals surface area contributed by atoms with Crippen molar-refractivity contribution < 1.29 is 9.13 Å². The first-order chi connectivity index (χ1) is 9.61. The average Bonchev–Trinajstić information content (AvgIpc) is 2.46. The molecule has 4 nitrogen and oxygen atoms in total. The Morgan fingerprint density at radius 1 is 1.20 bits per heavy atom. The first-order valence-corrected chi connectivity index (χ1v) is 6.30. The second-order valence-electron chi connectivity index (χ2n) is 4.59. The van der Waals surface area contributed by atoms with Crippen molar-refractivity contribution in [1.29, 1.82) is 0 Å². The summed E-state index contributed by atoms with van der Waals surface area (Å²) < 4.78 is 18.2. The third kappa shape index (κ3) is 3.17. The molecule has 1 N–H and O–H groups in total. The molecule has 0 atom stereocenters. The minimum atomic E-state index is -0.235. The third-order valence-electron chi connectivity index (χ3n) is 2.95. The van der Waals surface area contributed by atoms with Gasteiger partial charge in [0.25, 0.3) is 0 Å². The average molecular weight is 275 g/mol. The minimum absolute atomic E-state index is 0.235. The maximum Gasteiger partial charge on any atom is 0.239 e. The van der Waals surface area contributed by atoms with E-state index in [2.05, 4.69) is 10.3 Å². The molecule has 0 unspecified atom stereocenters. The molecule has 1 aromatic heterocycles. The molecule has 2 aromatic rings. The van der Waals surface area contributed by atoms with Gasteiger partial charge < -0.3 is 15.0 Å². The zero-order chi connectivity index (χ0) is 14.5. The van der Waals surface area contributed by atoms with E-state index in [-0.39, 0.29) is 5.82 Å². The van der Waals surface area contributed by atoms with Gasteiger partial charge in [-0.15, -0.1) is 0 Å². The summed E-state index contributed by atoms with van der Waals surface area (Å²) in [7, 11) is 5.50. The SMILES string of the molecule is COc1nccc(N(C)C)c1NCc1ccc(F)cc1. The summed E-state index contributed by atoms with van der Waals surface area (Å²) in [5.74, 6) is 0.306. The number of rotatable bonds is 5. The van der Waals surface area contributed by atoms with Gasteiger partial charge in [0.2, 0.25) is 5.88 Å². The Balaban J connectivity index is 2.21. The lowest BCUT2D eigenvalue weighted by Gasteiger charge is -2.20. The number of nitrogens with one attached hydrogen (secondary N) is 1. The first-order valence-electron chi connectivity index (χ1n) is 6.30. The standard InChI is InChI=1S/C15H18FN3O/c1-19(2)13-8-9-17-15(20-3)14(13)18-10-11-4-6-12(16)7-5-11/h4-9,18H,10H2,1-3H3. The smallest absolute Gasteiger partial charge is 0.239 e. The molecule has 0 saturated carbocycles. The molecule has 106 valence electrons. The van der Waals surface area contributed by atoms with Crippen LogP contribution in [0, 0.1) is 5.82 Å². The predicted molar refractivity (Wildman–Crippen MR) is 78.8 cm³/mol. The zero-order valence-electron chi connectivity index (χ0n) is 11.9. The lowest BCUT2D eigenvalue weighted by Crippen LogP contribution is -2.13. The number of aromatic nitrogens is 1. The number of methoxy groups -OCH3 is 1. The quantitative estimate of drug-likeness (QED) is 0.910. The minimum Gasteiger partial charge on any atom is -0.479 e. The maximum absolute atomic E-state index is 12.9. The number of halogens is 1. The molecule has 5 heteroatoms. The number of pyridine rings is 1. The topological polar surface area (TPSA) is 37.4 Å². The van der Waals surface area contributed by atoms with Gasteiger partial charge in [-0.2, -0.15) is 0 Å². The molecule has 0 amide bonds. The summed E-state index contributed by atoms with van der Waals surface area (Å²) in [6.07, 6.45) is 1.71. The van der Waals surface area contributed by atoms with Gasteiger partial charge in [-0.25, -0.2) is 9.37 Å². The molecule has 20 heavy (non-hydrogen) atoms. The molecule has 0 spiro atoms. The number of benzene rings is 1. The van der Waals surface area contributed by atoms with E-state index in [1.807, 2.05) is 25.1 Å². The van der Waals surface area contributed by atoms with Crippen LogP contribution in [-0.4, -0.2) is 26.2 Å². The number of hydrogen-bond acceptors (Lipinski definition) is 4. The number of anilines is 2. The van der Waals surface area contributed by atoms with E-state index in [1.54, 1.807) is 25.4 Å². The summed E-state index contributed by atoms with van der Waals surface area (Å²) in [4.78, 5) is 6.18. The van der Waals surface area contributed by atoms with Crippen molar-refractivity contribution in [2.75, 3.05) is 31.4 Å². The van der Waals surface area contributed by atoms with E-state index in [1.165, 1.54) is 12.1 Å². The van der Waals surface area contributed by atoms with Crippen LogP contribution in [0.4, 0.5) is 15.8 Å². The van der Waals surface area contributed by atoms with E-state index in [0.717, 1.165) is 16.9 Å². The number of ether oxygens (including phenoxy) is 1. The van der Waals surface area contributed by atoms with E-state index in [0.29, 0.717) is 12.4 Å². The van der Waals surface area contributed by atoms with Gasteiger partial charge in [0.15, 0.2) is 0 Å². The summed E-state index contributed by atoms with van der Waals surface area (Å²) >= 11 is 0. The number of nitrogens with zero attached hydrogens (tertiary/aromatic N) is 2. The highest BCUT2D eigenvalue weighted by Gasteiger charge is 2.11. The van der Waals surface area contributed by atoms with Crippen molar-refractivity contribution in [3.8, 4) is 5.88 Å². The van der Waals surface area contributed by atoms with Crippen molar-refractivity contribution in [3.05, 3.63) is 47.9 Å². The highest BCUT2D eigenvalue weighted by molar-refractivity contribution is 5.74. The molecule has 0 radical (unpaired) electrons. The largest absolute Gasteiger partial charge is 0.479 e. The lowest BCUT2D eigenvalue weighted by molar-refractivity contribution is 0.400. The highest BCUT2D eigenvalue weighted by atomic mass is 19.1. The third-order valence-corrected chi connectivity index (χ3v) is 2.95. The van der Waals surface area contributed by atoms with Crippen molar-refractivity contribution in [2.45, 2.75) is 6.54 Å². The highest BCUT2D eigenvalue weighted by Crippen LogP contribution is 2.32. The maximum atomic E-state index is 12.9. The van der Waals surface area contributed by atoms with Crippen LogP contribution in [0.3, 0.4) is 0 Å². The molecule has 0 saturated heterocycles. The van der Waals surface area contributed by atoms with Crippen LogP contribution < -0.4 is 15.0 Å². The van der Waals surface area contributed by atoms with Gasteiger partial charge in [-0.3, -0.25) is 0 Å². The molecular formula is C15H18FN3O. The Morgan fingerprint density at radius 3 is 2.50 bits per heavy atom. The van der Waals surface area contributed by atoms with E-state index in [9.17, 15) is 4.39 Å². The van der Waals surface area contributed by atoms with Gasteiger partial charge in [-0.05, 0) is 23.8 Å². The fourth-order valence-electron chi connectivity index (χ4n) is 1.92. The second-order valence-corrected chi connectivity index (χ2v) is 4.59. The van der Waals surface area contributed by atoms with Crippen molar-refractivity contribution in [2.24, 2.45) is 0 Å². The Bertz CT molecular complexity index is 570. The molecule has 2 rings (SSSR count). The van der Waals surface area contributed by atoms with Gasteiger partial charge in [0, 0.05) is 26.8 Å². The van der Waals surface area contributed by atoms with Crippen LogP contribution in [0.25, 0.3) is 0 Å². The summed E-state index contributed by atoms with van der Waals surface area (Å²) in [5.41, 5.74) is 2.80. The van der Waals surface area contributed by atoms with Crippen LogP contribution >= 0.6 is 0 Å². The first kappa shape index (κ1) is 14.1. The molecule has 1 heterocycles. The van der Waals surface area contributed by atoms with Crippen LogP contribution in [0.2, 0.25) is 0 Å². The zero-order valence-corrected chi connectivity index (χ0v) is 11.9. The molecule has 1 aromatic carbocycles. The molecule has 0 aliphatic carbocycles. The van der Waals surface area contributed by atoms with Gasteiger partial charge >= 0.3 is 0 Å². The molecular weight excluding hydrogens is 257 g/mol. The second kappa shape index (κ2) is 6.23. The Labute approximate surface area is 118 Å². The lowest BCUT2D eigenvalue weighted by atomic mass is 10.2. The van der Waals surface area contributed by atoms with Crippen LogP contribution in [0.5, 0.6) is 5.88 Å². The van der Waals surface area contributed by atoms with E-state index >= 15 is 0 Å². The fraction of sp³-hybridized carbons (Fsp3) is 0.267. The molecule has 0 bridgehead atoms. The fourth-order valence-corrected chi connectivity index (χ4v) is 1.92. The number of hydrogen-bond donors (Lipinski definition) is 1. The van der Waals surface area contributed by atoms with Crippen molar-refractivity contribution in [3.63, 3.8) is 0 Å². The van der Waals surface area contributed by atoms with Crippen molar-refractivity contribution >= 4 is 11.4 Å². The van der Waals surface area contributed by atoms with Crippen LogP contribution in [0.1, 0.15) is 5.56 Å².